The molecule has 0 aromatic heterocycles. The molecule has 2 aromatic carbocycles. The van der Waals surface area contributed by atoms with Gasteiger partial charge in [-0.05, 0) is 43.9 Å². The summed E-state index contributed by atoms with van der Waals surface area (Å²) in [5, 5.41) is 0. The van der Waals surface area contributed by atoms with Gasteiger partial charge in [-0.15, -0.1) is 0 Å². The number of carbonyl (C=O) groups is 1. The van der Waals surface area contributed by atoms with Crippen molar-refractivity contribution in [2.45, 2.75) is 32.6 Å². The number of methoxy groups -OCH3 is 1. The van der Waals surface area contributed by atoms with E-state index in [9.17, 15) is 4.79 Å². The molecule has 3 nitrogen and oxygen atoms in total. The molecule has 0 aliphatic rings. The molecule has 0 saturated carbocycles. The minimum Gasteiger partial charge on any atom is -0.469 e. The monoisotopic (exact) mass is 297 g/mol. The molecule has 2 N–H and O–H groups in total. The van der Waals surface area contributed by atoms with Crippen molar-refractivity contribution in [2.24, 2.45) is 0 Å². The van der Waals surface area contributed by atoms with Crippen LogP contribution in [0.15, 0.2) is 42.5 Å². The summed E-state index contributed by atoms with van der Waals surface area (Å²) in [6.07, 6.45) is 1.44. The van der Waals surface area contributed by atoms with Gasteiger partial charge >= 0.3 is 5.97 Å². The van der Waals surface area contributed by atoms with E-state index in [1.54, 1.807) is 0 Å². The zero-order chi connectivity index (χ0) is 16.1. The van der Waals surface area contributed by atoms with Crippen LogP contribution >= 0.6 is 0 Å². The molecule has 3 heteroatoms. The first-order valence-corrected chi connectivity index (χ1v) is 7.50. The maximum atomic E-state index is 12.1. The normalized spacial score (nSPS) is 12.0. The number of esters is 1. The van der Waals surface area contributed by atoms with Gasteiger partial charge in [0.1, 0.15) is 0 Å². The van der Waals surface area contributed by atoms with Crippen molar-refractivity contribution < 1.29 is 9.53 Å². The third-order valence-corrected chi connectivity index (χ3v) is 3.97. The Morgan fingerprint density at radius 3 is 2.36 bits per heavy atom. The van der Waals surface area contributed by atoms with E-state index in [1.165, 1.54) is 18.2 Å². The Hall–Kier alpha value is -2.29. The van der Waals surface area contributed by atoms with Crippen molar-refractivity contribution >= 4 is 11.7 Å². The number of anilines is 1. The summed E-state index contributed by atoms with van der Waals surface area (Å²) in [5.74, 6) is -0.458. The number of aryl methyl sites for hydroxylation is 3. The first-order valence-electron chi connectivity index (χ1n) is 7.50. The SMILES string of the molecule is COC(=O)C(CCc1cc(C)ccc1N)c1ccc(C)cc1. The number of rotatable bonds is 5. The Morgan fingerprint density at radius 1 is 1.09 bits per heavy atom. The van der Waals surface area contributed by atoms with E-state index in [1.807, 2.05) is 50.2 Å². The molecular weight excluding hydrogens is 274 g/mol. The lowest BCUT2D eigenvalue weighted by atomic mass is 9.91. The van der Waals surface area contributed by atoms with Gasteiger partial charge in [-0.25, -0.2) is 0 Å². The molecule has 1 atom stereocenters. The molecule has 0 aliphatic carbocycles. The van der Waals surface area contributed by atoms with Gasteiger partial charge in [-0.3, -0.25) is 4.79 Å². The van der Waals surface area contributed by atoms with Gasteiger partial charge in [0.2, 0.25) is 0 Å². The van der Waals surface area contributed by atoms with Crippen molar-refractivity contribution in [3.8, 4) is 0 Å². The molecule has 0 radical (unpaired) electrons. The van der Waals surface area contributed by atoms with Gasteiger partial charge in [-0.1, -0.05) is 47.5 Å². The lowest BCUT2D eigenvalue weighted by molar-refractivity contribution is -0.142. The molecule has 0 saturated heterocycles. The third-order valence-electron chi connectivity index (χ3n) is 3.97. The van der Waals surface area contributed by atoms with Gasteiger partial charge in [0.15, 0.2) is 0 Å². The van der Waals surface area contributed by atoms with Gasteiger partial charge in [0.05, 0.1) is 13.0 Å². The van der Waals surface area contributed by atoms with Crippen LogP contribution in [0, 0.1) is 13.8 Å². The number of benzene rings is 2. The van der Waals surface area contributed by atoms with E-state index in [0.717, 1.165) is 23.2 Å². The van der Waals surface area contributed by atoms with E-state index in [2.05, 4.69) is 6.07 Å². The molecule has 1 unspecified atom stereocenters. The van der Waals surface area contributed by atoms with Crippen LogP contribution in [0.5, 0.6) is 0 Å². The highest BCUT2D eigenvalue weighted by Crippen LogP contribution is 2.25. The van der Waals surface area contributed by atoms with Gasteiger partial charge in [-0.2, -0.15) is 0 Å². The summed E-state index contributed by atoms with van der Waals surface area (Å²) in [6.45, 7) is 4.07. The second kappa shape index (κ2) is 7.12. The zero-order valence-corrected chi connectivity index (χ0v) is 13.4. The second-order valence-corrected chi connectivity index (χ2v) is 5.73. The van der Waals surface area contributed by atoms with Crippen molar-refractivity contribution in [1.29, 1.82) is 0 Å². The largest absolute Gasteiger partial charge is 0.469 e. The second-order valence-electron chi connectivity index (χ2n) is 5.73. The lowest BCUT2D eigenvalue weighted by Crippen LogP contribution is -2.15. The third kappa shape index (κ3) is 3.88. The Morgan fingerprint density at radius 2 is 1.73 bits per heavy atom. The van der Waals surface area contributed by atoms with E-state index in [-0.39, 0.29) is 11.9 Å². The average molecular weight is 297 g/mol. The van der Waals surface area contributed by atoms with Crippen molar-refractivity contribution in [1.82, 2.24) is 0 Å². The van der Waals surface area contributed by atoms with E-state index in [4.69, 9.17) is 10.5 Å². The number of hydrogen-bond donors (Lipinski definition) is 1. The first kappa shape index (κ1) is 16.1. The highest BCUT2D eigenvalue weighted by Gasteiger charge is 2.21. The fraction of sp³-hybridized carbons (Fsp3) is 0.316. The quantitative estimate of drug-likeness (QED) is 0.675. The number of nitrogens with two attached hydrogens (primary N) is 1. The molecule has 0 amide bonds. The number of ether oxygens (including phenoxy) is 1. The van der Waals surface area contributed by atoms with Crippen LogP contribution < -0.4 is 5.73 Å². The molecule has 0 heterocycles. The van der Waals surface area contributed by atoms with Crippen LogP contribution in [-0.4, -0.2) is 13.1 Å². The summed E-state index contributed by atoms with van der Waals surface area (Å²) in [7, 11) is 1.44. The molecule has 22 heavy (non-hydrogen) atoms. The minimum absolute atomic E-state index is 0.199. The van der Waals surface area contributed by atoms with Crippen molar-refractivity contribution in [3.05, 3.63) is 64.7 Å². The van der Waals surface area contributed by atoms with Crippen LogP contribution in [0.2, 0.25) is 0 Å². The summed E-state index contributed by atoms with van der Waals surface area (Å²) >= 11 is 0. The molecule has 0 aliphatic heterocycles. The predicted octanol–water partition coefficient (Wildman–Crippen LogP) is 3.78. The minimum atomic E-state index is -0.259. The first-order chi connectivity index (χ1) is 10.5. The molecule has 0 bridgehead atoms. The maximum Gasteiger partial charge on any atom is 0.313 e. The van der Waals surface area contributed by atoms with E-state index >= 15 is 0 Å². The highest BCUT2D eigenvalue weighted by molar-refractivity contribution is 5.78. The van der Waals surface area contributed by atoms with Gasteiger partial charge in [0, 0.05) is 5.69 Å². The van der Waals surface area contributed by atoms with Gasteiger partial charge in [0.25, 0.3) is 0 Å². The standard InChI is InChI=1S/C19H23NO2/c1-13-4-7-15(8-5-13)17(19(21)22-3)10-9-16-12-14(2)6-11-18(16)20/h4-8,11-12,17H,9-10,20H2,1-3H3. The molecule has 116 valence electrons. The van der Waals surface area contributed by atoms with Crippen molar-refractivity contribution in [3.63, 3.8) is 0 Å². The molecule has 0 spiro atoms. The van der Waals surface area contributed by atoms with Crippen molar-refractivity contribution in [2.75, 3.05) is 12.8 Å². The topological polar surface area (TPSA) is 52.3 Å². The summed E-state index contributed by atoms with van der Waals surface area (Å²) < 4.78 is 4.97. The number of carbonyl (C=O) groups excluding carboxylic acids is 1. The smallest absolute Gasteiger partial charge is 0.313 e. The van der Waals surface area contributed by atoms with E-state index in [0.29, 0.717) is 6.42 Å². The summed E-state index contributed by atoms with van der Waals surface area (Å²) in [4.78, 5) is 12.1. The van der Waals surface area contributed by atoms with Crippen LogP contribution in [0.25, 0.3) is 0 Å². The highest BCUT2D eigenvalue weighted by atomic mass is 16.5. The molecule has 0 fully saturated rings. The Labute approximate surface area is 132 Å². The Balaban J connectivity index is 2.18. The molecule has 2 aromatic rings. The Bertz CT molecular complexity index is 647. The van der Waals surface area contributed by atoms with Crippen LogP contribution in [0.4, 0.5) is 5.69 Å². The number of hydrogen-bond acceptors (Lipinski definition) is 3. The summed E-state index contributed by atoms with van der Waals surface area (Å²) in [6, 6.07) is 14.0. The zero-order valence-electron chi connectivity index (χ0n) is 13.4. The fourth-order valence-corrected chi connectivity index (χ4v) is 2.61. The van der Waals surface area contributed by atoms with Crippen LogP contribution in [0.3, 0.4) is 0 Å². The number of nitrogen functional groups attached to an aromatic ring is 1. The Kier molecular flexibility index (Phi) is 5.21. The predicted molar refractivity (Wildman–Crippen MR) is 89.8 cm³/mol. The summed E-state index contributed by atoms with van der Waals surface area (Å²) in [5.41, 5.74) is 11.2. The maximum absolute atomic E-state index is 12.1. The van der Waals surface area contributed by atoms with E-state index < -0.39 is 0 Å². The van der Waals surface area contributed by atoms with Crippen LogP contribution in [-0.2, 0) is 16.0 Å². The molecular formula is C19H23NO2. The lowest BCUT2D eigenvalue weighted by Gasteiger charge is -2.16. The molecule has 2 rings (SSSR count). The fourth-order valence-electron chi connectivity index (χ4n) is 2.61. The average Bonchev–Trinajstić information content (AvgIpc) is 2.52. The van der Waals surface area contributed by atoms with Gasteiger partial charge < -0.3 is 10.5 Å². The van der Waals surface area contributed by atoms with Crippen LogP contribution in [0.1, 0.15) is 34.6 Å².